The maximum Gasteiger partial charge on any atom is 0.267 e. The number of hydrogen-bond donors (Lipinski definition) is 1. The smallest absolute Gasteiger partial charge is 0.267 e. The van der Waals surface area contributed by atoms with Gasteiger partial charge in [0.05, 0.1) is 18.3 Å². The maximum absolute atomic E-state index is 12.5. The molecule has 0 saturated heterocycles. The van der Waals surface area contributed by atoms with E-state index in [0.717, 1.165) is 62.3 Å². The van der Waals surface area contributed by atoms with Gasteiger partial charge in [0.1, 0.15) is 11.5 Å². The number of hydrogen-bond acceptors (Lipinski definition) is 4. The average molecular weight is 341 g/mol. The Labute approximate surface area is 148 Å². The summed E-state index contributed by atoms with van der Waals surface area (Å²) in [7, 11) is 0. The Hall–Kier alpha value is -1.88. The van der Waals surface area contributed by atoms with Crippen molar-refractivity contribution in [1.29, 1.82) is 0 Å². The Balaban J connectivity index is 1.36. The molecule has 0 amide bonds. The molecule has 1 N–H and O–H groups in total. The second-order valence-corrected chi connectivity index (χ2v) is 7.50. The third-order valence-electron chi connectivity index (χ3n) is 5.64. The van der Waals surface area contributed by atoms with E-state index in [2.05, 4.69) is 5.32 Å². The fourth-order valence-electron chi connectivity index (χ4n) is 4.19. The van der Waals surface area contributed by atoms with Crippen molar-refractivity contribution in [2.24, 2.45) is 0 Å². The molecule has 2 heterocycles. The van der Waals surface area contributed by atoms with Gasteiger partial charge >= 0.3 is 0 Å². The highest BCUT2D eigenvalue weighted by Gasteiger charge is 2.25. The lowest BCUT2D eigenvalue weighted by atomic mass is 9.91. The summed E-state index contributed by atoms with van der Waals surface area (Å²) in [4.78, 5) is 12.5. The lowest BCUT2D eigenvalue weighted by molar-refractivity contribution is 0.262. The number of aromatic nitrogens is 2. The van der Waals surface area contributed by atoms with Gasteiger partial charge in [-0.15, -0.1) is 0 Å². The van der Waals surface area contributed by atoms with Crippen LogP contribution >= 0.6 is 0 Å². The molecule has 0 atom stereocenters. The third kappa shape index (κ3) is 3.71. The van der Waals surface area contributed by atoms with Gasteiger partial charge in [0.2, 0.25) is 0 Å². The van der Waals surface area contributed by atoms with Crippen LogP contribution in [0.4, 0.5) is 0 Å². The van der Waals surface area contributed by atoms with Crippen LogP contribution in [0.15, 0.2) is 27.4 Å². The second-order valence-electron chi connectivity index (χ2n) is 7.50. The van der Waals surface area contributed by atoms with Crippen LogP contribution in [0.5, 0.6) is 0 Å². The van der Waals surface area contributed by atoms with Gasteiger partial charge in [0.15, 0.2) is 0 Å². The minimum atomic E-state index is 0.0862. The van der Waals surface area contributed by atoms with Gasteiger partial charge < -0.3 is 9.73 Å². The zero-order valence-corrected chi connectivity index (χ0v) is 15.0. The van der Waals surface area contributed by atoms with Crippen molar-refractivity contribution >= 4 is 0 Å². The molecule has 1 fully saturated rings. The lowest BCUT2D eigenvalue weighted by Crippen LogP contribution is -2.37. The van der Waals surface area contributed by atoms with Crippen LogP contribution in [0.3, 0.4) is 0 Å². The van der Waals surface area contributed by atoms with Crippen molar-refractivity contribution < 1.29 is 4.42 Å². The quantitative estimate of drug-likeness (QED) is 0.927. The van der Waals surface area contributed by atoms with Crippen molar-refractivity contribution in [2.45, 2.75) is 76.9 Å². The molecular formula is C20H27N3O2. The summed E-state index contributed by atoms with van der Waals surface area (Å²) in [6, 6.07) is 6.62. The standard InChI is InChI=1S/C20H27N3O2/c1-14-6-11-18(25-14)13-21-16-7-9-17(10-8-16)23-20(24)12-15-4-2-3-5-19(15)22-23/h6,11-12,16-17,21H,2-5,7-10,13H2,1H3. The Bertz CT molecular complexity index is 784. The Morgan fingerprint density at radius 3 is 2.76 bits per heavy atom. The van der Waals surface area contributed by atoms with Crippen LogP contribution < -0.4 is 10.9 Å². The van der Waals surface area contributed by atoms with Gasteiger partial charge in [-0.3, -0.25) is 4.79 Å². The molecule has 2 aromatic heterocycles. The number of nitrogens with one attached hydrogen (secondary N) is 1. The fraction of sp³-hybridized carbons (Fsp3) is 0.600. The number of fused-ring (bicyclic) bond motifs is 1. The summed E-state index contributed by atoms with van der Waals surface area (Å²) < 4.78 is 7.39. The Morgan fingerprint density at radius 1 is 1.20 bits per heavy atom. The molecule has 2 aliphatic rings. The zero-order valence-electron chi connectivity index (χ0n) is 15.0. The van der Waals surface area contributed by atoms with E-state index >= 15 is 0 Å². The topological polar surface area (TPSA) is 60.1 Å². The Morgan fingerprint density at radius 2 is 2.00 bits per heavy atom. The SMILES string of the molecule is Cc1ccc(CNC2CCC(n3nc4c(cc3=O)CCCC4)CC2)o1. The molecule has 0 unspecified atom stereocenters. The number of nitrogens with zero attached hydrogens (tertiary/aromatic N) is 2. The molecule has 0 radical (unpaired) electrons. The monoisotopic (exact) mass is 341 g/mol. The van der Waals surface area contributed by atoms with Gasteiger partial charge in [-0.05, 0) is 76.0 Å². The molecule has 0 aromatic carbocycles. The molecule has 4 rings (SSSR count). The van der Waals surface area contributed by atoms with Gasteiger partial charge in [0, 0.05) is 12.1 Å². The normalized spacial score (nSPS) is 23.4. The van der Waals surface area contributed by atoms with Crippen molar-refractivity contribution in [1.82, 2.24) is 15.1 Å². The summed E-state index contributed by atoms with van der Waals surface area (Å²) in [5.74, 6) is 1.95. The lowest BCUT2D eigenvalue weighted by Gasteiger charge is -2.30. The maximum atomic E-state index is 12.5. The molecule has 2 aromatic rings. The first-order valence-corrected chi connectivity index (χ1v) is 9.59. The van der Waals surface area contributed by atoms with Gasteiger partial charge in [0.25, 0.3) is 5.56 Å². The number of aryl methyl sites for hydroxylation is 3. The summed E-state index contributed by atoms with van der Waals surface area (Å²) >= 11 is 0. The highest BCUT2D eigenvalue weighted by molar-refractivity contribution is 5.20. The first-order valence-electron chi connectivity index (χ1n) is 9.59. The largest absolute Gasteiger partial charge is 0.465 e. The van der Waals surface area contributed by atoms with Crippen LogP contribution in [-0.4, -0.2) is 15.8 Å². The molecule has 0 aliphatic heterocycles. The van der Waals surface area contributed by atoms with Crippen LogP contribution in [-0.2, 0) is 19.4 Å². The van der Waals surface area contributed by atoms with Crippen molar-refractivity contribution in [3.63, 3.8) is 0 Å². The average Bonchev–Trinajstić information content (AvgIpc) is 3.05. The predicted molar refractivity (Wildman–Crippen MR) is 96.7 cm³/mol. The van der Waals surface area contributed by atoms with Crippen molar-refractivity contribution in [2.75, 3.05) is 0 Å². The molecular weight excluding hydrogens is 314 g/mol. The zero-order chi connectivity index (χ0) is 17.2. The van der Waals surface area contributed by atoms with Crippen LogP contribution in [0.1, 0.15) is 67.3 Å². The van der Waals surface area contributed by atoms with E-state index in [0.29, 0.717) is 6.04 Å². The summed E-state index contributed by atoms with van der Waals surface area (Å²) in [5.41, 5.74) is 2.42. The first kappa shape index (κ1) is 16.6. The highest BCUT2D eigenvalue weighted by atomic mass is 16.3. The minimum absolute atomic E-state index is 0.0862. The van der Waals surface area contributed by atoms with E-state index in [1.54, 1.807) is 4.68 Å². The molecule has 2 aliphatic carbocycles. The van der Waals surface area contributed by atoms with E-state index in [4.69, 9.17) is 9.52 Å². The fourth-order valence-corrected chi connectivity index (χ4v) is 4.19. The van der Waals surface area contributed by atoms with Crippen molar-refractivity contribution in [3.05, 3.63) is 51.3 Å². The number of rotatable bonds is 4. The van der Waals surface area contributed by atoms with Gasteiger partial charge in [-0.2, -0.15) is 5.10 Å². The molecule has 134 valence electrons. The van der Waals surface area contributed by atoms with E-state index in [9.17, 15) is 4.79 Å². The van der Waals surface area contributed by atoms with E-state index in [-0.39, 0.29) is 11.6 Å². The van der Waals surface area contributed by atoms with E-state index < -0.39 is 0 Å². The van der Waals surface area contributed by atoms with Crippen molar-refractivity contribution in [3.8, 4) is 0 Å². The van der Waals surface area contributed by atoms with Crippen LogP contribution in [0.25, 0.3) is 0 Å². The highest BCUT2D eigenvalue weighted by Crippen LogP contribution is 2.28. The van der Waals surface area contributed by atoms with Gasteiger partial charge in [-0.1, -0.05) is 0 Å². The molecule has 5 nitrogen and oxygen atoms in total. The van der Waals surface area contributed by atoms with E-state index in [1.807, 2.05) is 25.1 Å². The summed E-state index contributed by atoms with van der Waals surface area (Å²) in [5, 5.41) is 8.31. The molecule has 0 bridgehead atoms. The number of furan rings is 1. The molecule has 5 heteroatoms. The van der Waals surface area contributed by atoms with Crippen LogP contribution in [0, 0.1) is 6.92 Å². The molecule has 25 heavy (non-hydrogen) atoms. The summed E-state index contributed by atoms with van der Waals surface area (Å²) in [6.45, 7) is 2.75. The molecule has 1 saturated carbocycles. The van der Waals surface area contributed by atoms with Crippen LogP contribution in [0.2, 0.25) is 0 Å². The predicted octanol–water partition coefficient (Wildman–Crippen LogP) is 3.30. The third-order valence-corrected chi connectivity index (χ3v) is 5.64. The van der Waals surface area contributed by atoms with E-state index in [1.165, 1.54) is 18.4 Å². The first-order chi connectivity index (χ1) is 12.2. The summed E-state index contributed by atoms with van der Waals surface area (Å²) in [6.07, 6.45) is 8.60. The second kappa shape index (κ2) is 7.16. The molecule has 0 spiro atoms. The van der Waals surface area contributed by atoms with Gasteiger partial charge in [-0.25, -0.2) is 4.68 Å². The minimum Gasteiger partial charge on any atom is -0.465 e. The Kier molecular flexibility index (Phi) is 4.75.